The summed E-state index contributed by atoms with van der Waals surface area (Å²) in [6.07, 6.45) is 0.286. The maximum absolute atomic E-state index is 13.2. The van der Waals surface area contributed by atoms with Crippen LogP contribution in [0.1, 0.15) is 64.5 Å². The number of hydrogen-bond donors (Lipinski definition) is 1. The van der Waals surface area contributed by atoms with Crippen LogP contribution in [-0.4, -0.2) is 51.4 Å². The second-order valence-electron chi connectivity index (χ2n) is 9.51. The van der Waals surface area contributed by atoms with Crippen molar-refractivity contribution in [3.05, 3.63) is 40.3 Å². The third kappa shape index (κ3) is 5.06. The van der Waals surface area contributed by atoms with Crippen molar-refractivity contribution in [3.63, 3.8) is 0 Å². The largest absolute Gasteiger partial charge is 0.444 e. The Morgan fingerprint density at radius 1 is 1.19 bits per heavy atom. The molecular formula is C23H32N4O4. The van der Waals surface area contributed by atoms with Crippen LogP contribution in [0.3, 0.4) is 0 Å². The highest BCUT2D eigenvalue weighted by atomic mass is 16.6. The molecule has 0 aliphatic carbocycles. The predicted molar refractivity (Wildman–Crippen MR) is 119 cm³/mol. The molecule has 0 bridgehead atoms. The number of amides is 2. The first kappa shape index (κ1) is 22.8. The predicted octanol–water partition coefficient (Wildman–Crippen LogP) is 3.35. The molecule has 2 aromatic rings. The summed E-state index contributed by atoms with van der Waals surface area (Å²) in [5.74, 6) is -0.263. The van der Waals surface area contributed by atoms with Gasteiger partial charge in [0, 0.05) is 24.5 Å². The molecule has 168 valence electrons. The fraction of sp³-hybridized carbons (Fsp3) is 0.565. The normalized spacial score (nSPS) is 19.5. The maximum Gasteiger partial charge on any atom is 0.410 e. The molecule has 1 N–H and O–H groups in total. The number of rotatable bonds is 3. The lowest BCUT2D eigenvalue weighted by atomic mass is 9.94. The third-order valence-corrected chi connectivity index (χ3v) is 5.41. The van der Waals surface area contributed by atoms with Crippen LogP contribution in [0.15, 0.2) is 29.1 Å². The third-order valence-electron chi connectivity index (χ3n) is 5.41. The number of benzene rings is 1. The first-order valence-electron chi connectivity index (χ1n) is 10.8. The van der Waals surface area contributed by atoms with Crippen LogP contribution >= 0.6 is 0 Å². The SMILES string of the molecule is CC(C)n1nc(C(=O)N[C@H]2CCN(C(=O)OC(C)(C)C)C[C@H]2C)c2ccccc2c1=O. The molecule has 1 saturated heterocycles. The van der Waals surface area contributed by atoms with Gasteiger partial charge in [-0.2, -0.15) is 5.10 Å². The van der Waals surface area contributed by atoms with Crippen molar-refractivity contribution in [2.45, 2.75) is 65.6 Å². The van der Waals surface area contributed by atoms with Crippen LogP contribution in [-0.2, 0) is 4.74 Å². The van der Waals surface area contributed by atoms with Crippen LogP contribution in [0.25, 0.3) is 10.8 Å². The Kier molecular flexibility index (Phi) is 6.38. The van der Waals surface area contributed by atoms with Gasteiger partial charge in [0.1, 0.15) is 5.60 Å². The molecule has 8 nitrogen and oxygen atoms in total. The van der Waals surface area contributed by atoms with E-state index in [0.717, 1.165) is 0 Å². The molecule has 0 saturated carbocycles. The molecule has 0 radical (unpaired) electrons. The van der Waals surface area contributed by atoms with Gasteiger partial charge in [-0.1, -0.05) is 25.1 Å². The smallest absolute Gasteiger partial charge is 0.410 e. The Morgan fingerprint density at radius 2 is 1.84 bits per heavy atom. The minimum Gasteiger partial charge on any atom is -0.444 e. The number of nitrogens with zero attached hydrogens (tertiary/aromatic N) is 3. The lowest BCUT2D eigenvalue weighted by molar-refractivity contribution is 0.0145. The molecule has 2 atom stereocenters. The van der Waals surface area contributed by atoms with E-state index in [2.05, 4.69) is 10.4 Å². The minimum absolute atomic E-state index is 0.0486. The second-order valence-corrected chi connectivity index (χ2v) is 9.51. The van der Waals surface area contributed by atoms with Crippen molar-refractivity contribution in [3.8, 4) is 0 Å². The monoisotopic (exact) mass is 428 g/mol. The molecule has 8 heteroatoms. The van der Waals surface area contributed by atoms with Crippen molar-refractivity contribution in [1.82, 2.24) is 20.0 Å². The summed E-state index contributed by atoms with van der Waals surface area (Å²) in [5.41, 5.74) is -0.510. The Labute approximate surface area is 182 Å². The van der Waals surface area contributed by atoms with Gasteiger partial charge in [0.2, 0.25) is 0 Å². The molecule has 0 spiro atoms. The average molecular weight is 429 g/mol. The highest BCUT2D eigenvalue weighted by Crippen LogP contribution is 2.21. The summed E-state index contributed by atoms with van der Waals surface area (Å²) in [5, 5.41) is 8.47. The number of nitrogens with one attached hydrogen (secondary N) is 1. The highest BCUT2D eigenvalue weighted by molar-refractivity contribution is 6.04. The molecule has 1 aliphatic rings. The lowest BCUT2D eigenvalue weighted by Crippen LogP contribution is -2.52. The van der Waals surface area contributed by atoms with Crippen molar-refractivity contribution in [2.75, 3.05) is 13.1 Å². The molecule has 1 fully saturated rings. The zero-order chi connectivity index (χ0) is 22.9. The Morgan fingerprint density at radius 3 is 2.42 bits per heavy atom. The Bertz CT molecular complexity index is 1040. The minimum atomic E-state index is -0.544. The summed E-state index contributed by atoms with van der Waals surface area (Å²) in [4.78, 5) is 39.9. The van der Waals surface area contributed by atoms with E-state index in [1.807, 2.05) is 41.5 Å². The number of aromatic nitrogens is 2. The van der Waals surface area contributed by atoms with Gasteiger partial charge in [-0.3, -0.25) is 9.59 Å². The first-order valence-corrected chi connectivity index (χ1v) is 10.8. The zero-order valence-electron chi connectivity index (χ0n) is 19.1. The summed E-state index contributed by atoms with van der Waals surface area (Å²) in [6, 6.07) is 6.77. The van der Waals surface area contributed by atoms with Crippen molar-refractivity contribution in [1.29, 1.82) is 0 Å². The second kappa shape index (κ2) is 8.69. The van der Waals surface area contributed by atoms with Crippen LogP contribution < -0.4 is 10.9 Å². The van der Waals surface area contributed by atoms with Gasteiger partial charge < -0.3 is 15.0 Å². The summed E-state index contributed by atoms with van der Waals surface area (Å²) in [7, 11) is 0. The van der Waals surface area contributed by atoms with Crippen LogP contribution in [0.5, 0.6) is 0 Å². The fourth-order valence-electron chi connectivity index (χ4n) is 3.81. The quantitative estimate of drug-likeness (QED) is 0.809. The van der Waals surface area contributed by atoms with E-state index >= 15 is 0 Å². The molecule has 1 aromatic carbocycles. The van der Waals surface area contributed by atoms with E-state index < -0.39 is 5.60 Å². The molecule has 0 unspecified atom stereocenters. The zero-order valence-corrected chi connectivity index (χ0v) is 19.1. The first-order chi connectivity index (χ1) is 14.5. The van der Waals surface area contributed by atoms with E-state index in [1.54, 1.807) is 29.2 Å². The van der Waals surface area contributed by atoms with Gasteiger partial charge in [0.15, 0.2) is 5.69 Å². The molecule has 1 aromatic heterocycles. The molecule has 3 rings (SSSR count). The van der Waals surface area contributed by atoms with Crippen LogP contribution in [0.4, 0.5) is 4.79 Å². The van der Waals surface area contributed by atoms with Gasteiger partial charge in [-0.25, -0.2) is 9.48 Å². The van der Waals surface area contributed by atoms with Gasteiger partial charge in [0.25, 0.3) is 11.5 Å². The Hall–Kier alpha value is -2.90. The highest BCUT2D eigenvalue weighted by Gasteiger charge is 2.32. The van der Waals surface area contributed by atoms with Gasteiger partial charge >= 0.3 is 6.09 Å². The molecule has 1 aliphatic heterocycles. The summed E-state index contributed by atoms with van der Waals surface area (Å²) < 4.78 is 6.82. The molecular weight excluding hydrogens is 396 g/mol. The van der Waals surface area contributed by atoms with E-state index in [4.69, 9.17) is 4.74 Å². The number of piperidine rings is 1. The summed E-state index contributed by atoms with van der Waals surface area (Å²) in [6.45, 7) is 12.3. The van der Waals surface area contributed by atoms with Crippen LogP contribution in [0.2, 0.25) is 0 Å². The van der Waals surface area contributed by atoms with Gasteiger partial charge in [-0.05, 0) is 53.0 Å². The lowest BCUT2D eigenvalue weighted by Gasteiger charge is -2.37. The number of carbonyl (C=O) groups is 2. The van der Waals surface area contributed by atoms with E-state index in [0.29, 0.717) is 30.3 Å². The van der Waals surface area contributed by atoms with E-state index in [1.165, 1.54) is 4.68 Å². The number of carbonyl (C=O) groups excluding carboxylic acids is 2. The number of likely N-dealkylation sites (tertiary alicyclic amines) is 1. The number of hydrogen-bond acceptors (Lipinski definition) is 5. The standard InChI is InChI=1S/C23H32N4O4/c1-14(2)27-21(29)17-10-8-7-9-16(17)19(25-27)20(28)24-18-11-12-26(13-15(18)3)22(30)31-23(4,5)6/h7-10,14-15,18H,11-13H2,1-6H3,(H,24,28)/t15-,18+/m1/s1. The Balaban J connectivity index is 1.78. The molecule has 31 heavy (non-hydrogen) atoms. The van der Waals surface area contributed by atoms with Crippen LogP contribution in [0, 0.1) is 5.92 Å². The molecule has 2 amide bonds. The van der Waals surface area contributed by atoms with Gasteiger partial charge in [-0.15, -0.1) is 0 Å². The van der Waals surface area contributed by atoms with E-state index in [-0.39, 0.29) is 41.3 Å². The summed E-state index contributed by atoms with van der Waals surface area (Å²) >= 11 is 0. The maximum atomic E-state index is 13.2. The van der Waals surface area contributed by atoms with Crippen molar-refractivity contribution in [2.24, 2.45) is 5.92 Å². The van der Waals surface area contributed by atoms with Crippen molar-refractivity contribution >= 4 is 22.8 Å². The topological polar surface area (TPSA) is 93.5 Å². The van der Waals surface area contributed by atoms with E-state index in [9.17, 15) is 14.4 Å². The average Bonchev–Trinajstić information content (AvgIpc) is 2.68. The number of ether oxygens (including phenoxy) is 1. The fourth-order valence-corrected chi connectivity index (χ4v) is 3.81. The van der Waals surface area contributed by atoms with Crippen molar-refractivity contribution < 1.29 is 14.3 Å². The molecule has 2 heterocycles. The van der Waals surface area contributed by atoms with Gasteiger partial charge in [0.05, 0.1) is 11.4 Å². The number of fused-ring (bicyclic) bond motifs is 1.